The van der Waals surface area contributed by atoms with Gasteiger partial charge in [0.25, 0.3) is 0 Å². The summed E-state index contributed by atoms with van der Waals surface area (Å²) in [4.78, 5) is 13.7. The third kappa shape index (κ3) is 2.25. The van der Waals surface area contributed by atoms with Crippen LogP contribution in [-0.4, -0.2) is 43.3 Å². The van der Waals surface area contributed by atoms with Gasteiger partial charge in [-0.3, -0.25) is 10.1 Å². The van der Waals surface area contributed by atoms with Crippen molar-refractivity contribution in [2.75, 3.05) is 20.4 Å². The monoisotopic (exact) mass is 200 g/mol. The van der Waals surface area contributed by atoms with Gasteiger partial charge in [0, 0.05) is 7.11 Å². The predicted molar refractivity (Wildman–Crippen MR) is 54.9 cm³/mol. The first-order chi connectivity index (χ1) is 6.74. The van der Waals surface area contributed by atoms with Crippen molar-refractivity contribution in [3.8, 4) is 0 Å². The van der Waals surface area contributed by atoms with Gasteiger partial charge in [0.15, 0.2) is 0 Å². The fraction of sp³-hybridized carbons (Fsp3) is 0.900. The van der Waals surface area contributed by atoms with E-state index in [2.05, 4.69) is 12.2 Å². The van der Waals surface area contributed by atoms with Gasteiger partial charge in [-0.2, -0.15) is 0 Å². The zero-order chi connectivity index (χ0) is 10.6. The Bertz CT molecular complexity index is 197. The Morgan fingerprint density at radius 2 is 2.36 bits per heavy atom. The number of hydrogen-bond acceptors (Lipinski definition) is 3. The lowest BCUT2D eigenvalue weighted by molar-refractivity contribution is -0.131. The number of ether oxygens (including phenoxy) is 1. The van der Waals surface area contributed by atoms with Gasteiger partial charge in [-0.1, -0.05) is 13.8 Å². The third-order valence-corrected chi connectivity index (χ3v) is 2.77. The standard InChI is InChI=1S/C10H20N2O2/c1-4-8(6-14-3)12-7-11-9(5-2)10(12)13/h8-9,11H,4-7H2,1-3H3. The van der Waals surface area contributed by atoms with Crippen LogP contribution in [0.25, 0.3) is 0 Å². The Morgan fingerprint density at radius 1 is 1.64 bits per heavy atom. The maximum absolute atomic E-state index is 11.8. The second-order valence-corrected chi connectivity index (χ2v) is 3.65. The summed E-state index contributed by atoms with van der Waals surface area (Å²) in [6.07, 6.45) is 1.80. The number of hydrogen-bond donors (Lipinski definition) is 1. The summed E-state index contributed by atoms with van der Waals surface area (Å²) < 4.78 is 5.10. The number of rotatable bonds is 5. The van der Waals surface area contributed by atoms with Crippen LogP contribution >= 0.6 is 0 Å². The molecular formula is C10H20N2O2. The van der Waals surface area contributed by atoms with Gasteiger partial charge in [0.1, 0.15) is 0 Å². The molecule has 1 saturated heterocycles. The molecule has 0 aromatic carbocycles. The number of carbonyl (C=O) groups excluding carboxylic acids is 1. The minimum atomic E-state index is 0.0147. The molecule has 0 aliphatic carbocycles. The number of amides is 1. The molecule has 4 heteroatoms. The molecule has 0 aromatic rings. The highest BCUT2D eigenvalue weighted by Gasteiger charge is 2.33. The number of methoxy groups -OCH3 is 1. The Labute approximate surface area is 85.6 Å². The molecule has 0 spiro atoms. The predicted octanol–water partition coefficient (Wildman–Crippen LogP) is 0.579. The van der Waals surface area contributed by atoms with E-state index in [1.165, 1.54) is 0 Å². The van der Waals surface area contributed by atoms with Crippen molar-refractivity contribution in [3.05, 3.63) is 0 Å². The molecule has 0 saturated carbocycles. The summed E-state index contributed by atoms with van der Waals surface area (Å²) in [5.74, 6) is 0.219. The summed E-state index contributed by atoms with van der Waals surface area (Å²) >= 11 is 0. The number of nitrogens with one attached hydrogen (secondary N) is 1. The fourth-order valence-corrected chi connectivity index (χ4v) is 1.82. The average molecular weight is 200 g/mol. The van der Waals surface area contributed by atoms with E-state index in [1.54, 1.807) is 7.11 Å². The van der Waals surface area contributed by atoms with Crippen LogP contribution in [0.1, 0.15) is 26.7 Å². The molecule has 1 aliphatic heterocycles. The third-order valence-electron chi connectivity index (χ3n) is 2.77. The van der Waals surface area contributed by atoms with E-state index in [1.807, 2.05) is 11.8 Å². The van der Waals surface area contributed by atoms with Crippen molar-refractivity contribution in [1.29, 1.82) is 0 Å². The zero-order valence-corrected chi connectivity index (χ0v) is 9.25. The first-order valence-corrected chi connectivity index (χ1v) is 5.27. The molecule has 14 heavy (non-hydrogen) atoms. The number of carbonyl (C=O) groups is 1. The molecule has 1 amide bonds. The molecule has 1 aliphatic rings. The second kappa shape index (κ2) is 5.32. The van der Waals surface area contributed by atoms with Crippen molar-refractivity contribution < 1.29 is 9.53 Å². The van der Waals surface area contributed by atoms with E-state index in [9.17, 15) is 4.79 Å². The first kappa shape index (κ1) is 11.5. The van der Waals surface area contributed by atoms with Crippen LogP contribution in [-0.2, 0) is 9.53 Å². The molecule has 2 atom stereocenters. The second-order valence-electron chi connectivity index (χ2n) is 3.65. The lowest BCUT2D eigenvalue weighted by Crippen LogP contribution is -2.40. The Kier molecular flexibility index (Phi) is 4.35. The van der Waals surface area contributed by atoms with Crippen molar-refractivity contribution in [2.24, 2.45) is 0 Å². The summed E-state index contributed by atoms with van der Waals surface area (Å²) in [7, 11) is 1.67. The van der Waals surface area contributed by atoms with Crippen LogP contribution in [0.15, 0.2) is 0 Å². The van der Waals surface area contributed by atoms with E-state index >= 15 is 0 Å². The quantitative estimate of drug-likeness (QED) is 0.706. The smallest absolute Gasteiger partial charge is 0.241 e. The first-order valence-electron chi connectivity index (χ1n) is 5.27. The van der Waals surface area contributed by atoms with Gasteiger partial charge < -0.3 is 9.64 Å². The minimum absolute atomic E-state index is 0.0147. The van der Waals surface area contributed by atoms with Gasteiger partial charge >= 0.3 is 0 Å². The maximum Gasteiger partial charge on any atom is 0.241 e. The van der Waals surface area contributed by atoms with Crippen molar-refractivity contribution in [2.45, 2.75) is 38.8 Å². The molecule has 0 bridgehead atoms. The topological polar surface area (TPSA) is 41.6 Å². The molecule has 1 fully saturated rings. The van der Waals surface area contributed by atoms with Gasteiger partial charge in [-0.15, -0.1) is 0 Å². The van der Waals surface area contributed by atoms with E-state index in [4.69, 9.17) is 4.74 Å². The largest absolute Gasteiger partial charge is 0.383 e. The van der Waals surface area contributed by atoms with Crippen LogP contribution in [0.2, 0.25) is 0 Å². The van der Waals surface area contributed by atoms with E-state index in [0.29, 0.717) is 13.3 Å². The number of nitrogens with zero attached hydrogens (tertiary/aromatic N) is 1. The highest BCUT2D eigenvalue weighted by Crippen LogP contribution is 2.13. The molecule has 1 rings (SSSR count). The van der Waals surface area contributed by atoms with Crippen LogP contribution in [0.4, 0.5) is 0 Å². The van der Waals surface area contributed by atoms with Crippen molar-refractivity contribution in [3.63, 3.8) is 0 Å². The Hall–Kier alpha value is -0.610. The molecule has 82 valence electrons. The molecule has 1 heterocycles. The maximum atomic E-state index is 11.8. The molecular weight excluding hydrogens is 180 g/mol. The van der Waals surface area contributed by atoms with Crippen molar-refractivity contribution in [1.82, 2.24) is 10.2 Å². The molecule has 1 N–H and O–H groups in total. The minimum Gasteiger partial charge on any atom is -0.383 e. The average Bonchev–Trinajstić information content (AvgIpc) is 2.56. The lowest BCUT2D eigenvalue weighted by atomic mass is 10.2. The summed E-state index contributed by atoms with van der Waals surface area (Å²) in [5.41, 5.74) is 0. The van der Waals surface area contributed by atoms with E-state index in [-0.39, 0.29) is 18.0 Å². The van der Waals surface area contributed by atoms with Crippen molar-refractivity contribution >= 4 is 5.91 Å². The van der Waals surface area contributed by atoms with Gasteiger partial charge in [-0.25, -0.2) is 0 Å². The Balaban J connectivity index is 2.55. The van der Waals surface area contributed by atoms with Gasteiger partial charge in [0.05, 0.1) is 25.4 Å². The Morgan fingerprint density at radius 3 is 2.79 bits per heavy atom. The van der Waals surface area contributed by atoms with E-state index in [0.717, 1.165) is 12.8 Å². The molecule has 0 aromatic heterocycles. The highest BCUT2D eigenvalue weighted by molar-refractivity contribution is 5.84. The highest BCUT2D eigenvalue weighted by atomic mass is 16.5. The van der Waals surface area contributed by atoms with Crippen LogP contribution in [0.5, 0.6) is 0 Å². The molecule has 4 nitrogen and oxygen atoms in total. The van der Waals surface area contributed by atoms with Crippen LogP contribution in [0, 0.1) is 0 Å². The summed E-state index contributed by atoms with van der Waals surface area (Å²) in [6, 6.07) is 0.234. The van der Waals surface area contributed by atoms with Crippen LogP contribution < -0.4 is 5.32 Å². The molecule has 0 radical (unpaired) electrons. The summed E-state index contributed by atoms with van der Waals surface area (Å²) in [6.45, 7) is 5.39. The molecule has 2 unspecified atom stereocenters. The van der Waals surface area contributed by atoms with Gasteiger partial charge in [-0.05, 0) is 12.8 Å². The van der Waals surface area contributed by atoms with Gasteiger partial charge in [0.2, 0.25) is 5.91 Å². The summed E-state index contributed by atoms with van der Waals surface area (Å²) in [5, 5.41) is 3.20. The zero-order valence-electron chi connectivity index (χ0n) is 9.25. The van der Waals surface area contributed by atoms with E-state index < -0.39 is 0 Å². The SMILES string of the molecule is CCC1NCN(C(CC)COC)C1=O. The van der Waals surface area contributed by atoms with Crippen LogP contribution in [0.3, 0.4) is 0 Å². The fourth-order valence-electron chi connectivity index (χ4n) is 1.82. The normalized spacial score (nSPS) is 24.4. The lowest BCUT2D eigenvalue weighted by Gasteiger charge is -2.25.